The van der Waals surface area contributed by atoms with Gasteiger partial charge in [-0.15, -0.1) is 0 Å². The van der Waals surface area contributed by atoms with Crippen molar-refractivity contribution < 1.29 is 4.74 Å². The SMILES string of the molecule is N[C@H]1CCc2cc(OCCc3ccsc3)ccc21. The van der Waals surface area contributed by atoms with Crippen LogP contribution in [0.4, 0.5) is 0 Å². The van der Waals surface area contributed by atoms with E-state index in [1.165, 1.54) is 16.7 Å². The Hall–Kier alpha value is -1.32. The Bertz CT molecular complexity index is 521. The van der Waals surface area contributed by atoms with E-state index in [0.29, 0.717) is 0 Å². The van der Waals surface area contributed by atoms with Gasteiger partial charge in [-0.2, -0.15) is 11.3 Å². The molecule has 0 aliphatic heterocycles. The Balaban J connectivity index is 1.60. The second-order valence-corrected chi connectivity index (χ2v) is 5.52. The number of aryl methyl sites for hydroxylation is 1. The standard InChI is InChI=1S/C15H17NOS/c16-15-4-1-12-9-13(2-3-14(12)15)17-7-5-11-6-8-18-10-11/h2-3,6,8-10,15H,1,4-5,7,16H2/t15-/m0/s1. The van der Waals surface area contributed by atoms with Crippen molar-refractivity contribution in [3.8, 4) is 5.75 Å². The van der Waals surface area contributed by atoms with E-state index in [9.17, 15) is 0 Å². The van der Waals surface area contributed by atoms with Crippen LogP contribution in [0, 0.1) is 0 Å². The third-order valence-electron chi connectivity index (χ3n) is 3.48. The van der Waals surface area contributed by atoms with E-state index in [-0.39, 0.29) is 6.04 Å². The summed E-state index contributed by atoms with van der Waals surface area (Å²) >= 11 is 1.73. The molecule has 1 aromatic heterocycles. The molecule has 1 heterocycles. The van der Waals surface area contributed by atoms with Gasteiger partial charge in [0.2, 0.25) is 0 Å². The number of nitrogens with two attached hydrogens (primary N) is 1. The van der Waals surface area contributed by atoms with Crippen LogP contribution in [0.15, 0.2) is 35.0 Å². The molecule has 2 N–H and O–H groups in total. The summed E-state index contributed by atoms with van der Waals surface area (Å²) in [5.41, 5.74) is 10.0. The molecule has 1 aliphatic carbocycles. The normalized spacial score (nSPS) is 17.7. The highest BCUT2D eigenvalue weighted by molar-refractivity contribution is 7.07. The zero-order chi connectivity index (χ0) is 12.4. The van der Waals surface area contributed by atoms with Crippen LogP contribution in [-0.4, -0.2) is 6.61 Å². The van der Waals surface area contributed by atoms with E-state index >= 15 is 0 Å². The molecule has 0 saturated heterocycles. The van der Waals surface area contributed by atoms with E-state index in [4.69, 9.17) is 10.5 Å². The molecule has 3 rings (SSSR count). The van der Waals surface area contributed by atoms with Crippen LogP contribution in [-0.2, 0) is 12.8 Å². The van der Waals surface area contributed by atoms with Gasteiger partial charge < -0.3 is 10.5 Å². The number of thiophene rings is 1. The summed E-state index contributed by atoms with van der Waals surface area (Å²) in [6.07, 6.45) is 3.12. The number of rotatable bonds is 4. The third-order valence-corrected chi connectivity index (χ3v) is 4.21. The predicted octanol–water partition coefficient (Wildman–Crippen LogP) is 3.32. The van der Waals surface area contributed by atoms with Crippen LogP contribution in [0.5, 0.6) is 5.75 Å². The van der Waals surface area contributed by atoms with E-state index in [0.717, 1.165) is 31.6 Å². The number of benzene rings is 1. The van der Waals surface area contributed by atoms with Crippen LogP contribution < -0.4 is 10.5 Å². The molecule has 94 valence electrons. The molecule has 0 bridgehead atoms. The first-order valence-corrected chi connectivity index (χ1v) is 7.29. The molecule has 2 aromatic rings. The van der Waals surface area contributed by atoms with Crippen molar-refractivity contribution in [1.82, 2.24) is 0 Å². The summed E-state index contributed by atoms with van der Waals surface area (Å²) in [4.78, 5) is 0. The van der Waals surface area contributed by atoms with Crippen LogP contribution in [0.3, 0.4) is 0 Å². The quantitative estimate of drug-likeness (QED) is 0.914. The minimum absolute atomic E-state index is 0.222. The lowest BCUT2D eigenvalue weighted by Gasteiger charge is -2.09. The van der Waals surface area contributed by atoms with Gasteiger partial charge in [0.1, 0.15) is 5.75 Å². The highest BCUT2D eigenvalue weighted by atomic mass is 32.1. The number of hydrogen-bond acceptors (Lipinski definition) is 3. The van der Waals surface area contributed by atoms with Crippen molar-refractivity contribution in [3.63, 3.8) is 0 Å². The van der Waals surface area contributed by atoms with Crippen LogP contribution >= 0.6 is 11.3 Å². The first kappa shape index (κ1) is 11.8. The summed E-state index contributed by atoms with van der Waals surface area (Å²) in [6, 6.07) is 8.68. The van der Waals surface area contributed by atoms with Crippen LogP contribution in [0.2, 0.25) is 0 Å². The maximum Gasteiger partial charge on any atom is 0.119 e. The summed E-state index contributed by atoms with van der Waals surface area (Å²) in [7, 11) is 0. The first-order chi connectivity index (χ1) is 8.83. The lowest BCUT2D eigenvalue weighted by atomic mass is 10.1. The smallest absolute Gasteiger partial charge is 0.119 e. The summed E-state index contributed by atoms with van der Waals surface area (Å²) in [5, 5.41) is 4.27. The molecule has 0 spiro atoms. The fourth-order valence-electron chi connectivity index (χ4n) is 2.44. The predicted molar refractivity (Wildman–Crippen MR) is 75.2 cm³/mol. The molecule has 0 radical (unpaired) electrons. The molecule has 18 heavy (non-hydrogen) atoms. The fourth-order valence-corrected chi connectivity index (χ4v) is 3.14. The number of hydrogen-bond donors (Lipinski definition) is 1. The Morgan fingerprint density at radius 1 is 1.33 bits per heavy atom. The molecule has 0 fully saturated rings. The van der Waals surface area contributed by atoms with Gasteiger partial charge in [0.05, 0.1) is 6.61 Å². The van der Waals surface area contributed by atoms with Gasteiger partial charge in [0.15, 0.2) is 0 Å². The van der Waals surface area contributed by atoms with Gasteiger partial charge in [-0.3, -0.25) is 0 Å². The highest BCUT2D eigenvalue weighted by Gasteiger charge is 2.18. The van der Waals surface area contributed by atoms with Gasteiger partial charge in [-0.1, -0.05) is 6.07 Å². The third kappa shape index (κ3) is 2.42. The van der Waals surface area contributed by atoms with Gasteiger partial charge in [0.25, 0.3) is 0 Å². The zero-order valence-corrected chi connectivity index (χ0v) is 11.1. The number of ether oxygens (including phenoxy) is 1. The van der Waals surface area contributed by atoms with Gasteiger partial charge in [-0.05, 0) is 58.5 Å². The van der Waals surface area contributed by atoms with Crippen molar-refractivity contribution in [3.05, 3.63) is 51.7 Å². The average Bonchev–Trinajstić information content (AvgIpc) is 3.00. The molecule has 1 atom stereocenters. The van der Waals surface area contributed by atoms with E-state index < -0.39 is 0 Å². The van der Waals surface area contributed by atoms with Gasteiger partial charge in [0, 0.05) is 12.5 Å². The minimum atomic E-state index is 0.222. The molecule has 0 saturated carbocycles. The minimum Gasteiger partial charge on any atom is -0.493 e. The molecular weight excluding hydrogens is 242 g/mol. The Morgan fingerprint density at radius 2 is 2.28 bits per heavy atom. The van der Waals surface area contributed by atoms with Crippen LogP contribution in [0.25, 0.3) is 0 Å². The maximum absolute atomic E-state index is 6.02. The van der Waals surface area contributed by atoms with Gasteiger partial charge in [-0.25, -0.2) is 0 Å². The summed E-state index contributed by atoms with van der Waals surface area (Å²) in [5.74, 6) is 0.970. The van der Waals surface area contributed by atoms with Crippen molar-refractivity contribution in [2.75, 3.05) is 6.61 Å². The molecule has 1 aliphatic rings. The zero-order valence-electron chi connectivity index (χ0n) is 10.3. The Kier molecular flexibility index (Phi) is 3.35. The first-order valence-electron chi connectivity index (χ1n) is 6.35. The lowest BCUT2D eigenvalue weighted by molar-refractivity contribution is 0.322. The molecule has 2 nitrogen and oxygen atoms in total. The molecule has 0 amide bonds. The summed E-state index contributed by atoms with van der Waals surface area (Å²) < 4.78 is 5.80. The second kappa shape index (κ2) is 5.12. The highest BCUT2D eigenvalue weighted by Crippen LogP contribution is 2.31. The lowest BCUT2D eigenvalue weighted by Crippen LogP contribution is -2.05. The van der Waals surface area contributed by atoms with E-state index in [1.54, 1.807) is 11.3 Å². The van der Waals surface area contributed by atoms with Crippen LogP contribution in [0.1, 0.15) is 29.2 Å². The molecule has 0 unspecified atom stereocenters. The topological polar surface area (TPSA) is 35.2 Å². The van der Waals surface area contributed by atoms with E-state index in [1.807, 2.05) is 6.07 Å². The maximum atomic E-state index is 6.02. The monoisotopic (exact) mass is 259 g/mol. The molecule has 3 heteroatoms. The van der Waals surface area contributed by atoms with E-state index in [2.05, 4.69) is 29.0 Å². The largest absolute Gasteiger partial charge is 0.493 e. The number of fused-ring (bicyclic) bond motifs is 1. The average molecular weight is 259 g/mol. The van der Waals surface area contributed by atoms with Crippen molar-refractivity contribution in [1.29, 1.82) is 0 Å². The second-order valence-electron chi connectivity index (χ2n) is 4.74. The van der Waals surface area contributed by atoms with Crippen molar-refractivity contribution >= 4 is 11.3 Å². The molecule has 1 aromatic carbocycles. The summed E-state index contributed by atoms with van der Waals surface area (Å²) in [6.45, 7) is 0.738. The Morgan fingerprint density at radius 3 is 3.11 bits per heavy atom. The van der Waals surface area contributed by atoms with Crippen molar-refractivity contribution in [2.45, 2.75) is 25.3 Å². The Labute approximate surface area is 111 Å². The van der Waals surface area contributed by atoms with Gasteiger partial charge >= 0.3 is 0 Å². The molecular formula is C15H17NOS. The van der Waals surface area contributed by atoms with Crippen molar-refractivity contribution in [2.24, 2.45) is 5.73 Å². The fraction of sp³-hybridized carbons (Fsp3) is 0.333.